The zero-order valence-electron chi connectivity index (χ0n) is 77.4. The molecule has 3 aromatic rings. The van der Waals surface area contributed by atoms with Gasteiger partial charge in [-0.2, -0.15) is 21.7 Å². The molecule has 0 aliphatic carbocycles. The van der Waals surface area contributed by atoms with Gasteiger partial charge in [-0.25, -0.2) is 19.2 Å². The molecule has 0 saturated heterocycles. The number of hydrogen-bond donors (Lipinski definition) is 6. The summed E-state index contributed by atoms with van der Waals surface area (Å²) in [5.41, 5.74) is 4.44. The van der Waals surface area contributed by atoms with Crippen molar-refractivity contribution in [3.05, 3.63) is 45.9 Å². The lowest BCUT2D eigenvalue weighted by atomic mass is 9.92. The largest absolute Gasteiger partial charge is 0.462 e. The number of Topliss-reactive ketones (excluding diaryl/α,β-unsaturated/α-hetero) is 1. The van der Waals surface area contributed by atoms with E-state index in [1.165, 1.54) is 132 Å². The Morgan fingerprint density at radius 1 is 0.488 bits per heavy atom. The first-order chi connectivity index (χ1) is 57.5. The fraction of sp³-hybridized carbons (Fsp3) is 0.785. The van der Waals surface area contributed by atoms with Crippen molar-refractivity contribution in [2.24, 2.45) is 5.92 Å². The molecule has 1 unspecified atom stereocenters. The van der Waals surface area contributed by atoms with Gasteiger partial charge in [-0.1, -0.05) is 212 Å². The number of nitrogens with zero attached hydrogens (tertiary/aromatic N) is 5. The van der Waals surface area contributed by atoms with Gasteiger partial charge in [0.05, 0.1) is 6.54 Å². The van der Waals surface area contributed by atoms with E-state index in [9.17, 15) is 47.9 Å². The number of ketones is 1. The molecule has 0 spiro atoms. The maximum atomic E-state index is 14.5. The molecule has 5 amide bonds. The first-order valence-electron chi connectivity index (χ1n) is 46.3. The lowest BCUT2D eigenvalue weighted by molar-refractivity contribution is -0.157. The summed E-state index contributed by atoms with van der Waals surface area (Å²) in [6.45, 7) is 29.9. The van der Waals surface area contributed by atoms with Crippen LogP contribution in [0.1, 0.15) is 377 Å². The number of hydrogen-bond acceptors (Lipinski definition) is 21. The highest BCUT2D eigenvalue weighted by molar-refractivity contribution is 7.99. The van der Waals surface area contributed by atoms with Crippen molar-refractivity contribution in [2.45, 2.75) is 402 Å². The first-order valence-corrected chi connectivity index (χ1v) is 47.4. The summed E-state index contributed by atoms with van der Waals surface area (Å²) >= 11 is 1.27. The fourth-order valence-electron chi connectivity index (χ4n) is 13.7. The molecule has 3 rings (SSSR count). The fourth-order valence-corrected chi connectivity index (χ4v) is 14.8. The van der Waals surface area contributed by atoms with Gasteiger partial charge in [0.2, 0.25) is 17.8 Å². The van der Waals surface area contributed by atoms with Crippen molar-refractivity contribution in [3.63, 3.8) is 0 Å². The summed E-state index contributed by atoms with van der Waals surface area (Å²) in [5, 5.41) is 11.9. The number of unbranched alkanes of at least 4 members (excludes halogenated alkanes) is 28. The van der Waals surface area contributed by atoms with Crippen LogP contribution in [0.4, 0.5) is 26.1 Å². The minimum Gasteiger partial charge on any atom is -0.462 e. The predicted octanol–water partition coefficient (Wildman–Crippen LogP) is 19.8. The number of nitrogens with two attached hydrogens (primary N) is 1. The average Bonchev–Trinajstić information content (AvgIpc) is 1.63. The molecule has 27 nitrogen and oxygen atoms in total. The molecule has 0 fully saturated rings. The van der Waals surface area contributed by atoms with Crippen LogP contribution in [0.15, 0.2) is 29.1 Å². The van der Waals surface area contributed by atoms with Gasteiger partial charge in [-0.15, -0.1) is 0 Å². The highest BCUT2D eigenvalue weighted by Crippen LogP contribution is 2.25. The van der Waals surface area contributed by atoms with E-state index < -0.39 is 70.3 Å². The minimum atomic E-state index is -1.11. The number of nitrogens with one attached hydrogen (secondary N) is 5. The van der Waals surface area contributed by atoms with E-state index in [2.05, 4.69) is 57.0 Å². The van der Waals surface area contributed by atoms with Crippen LogP contribution in [0.2, 0.25) is 0 Å². The molecular weight excluding hydrogens is 1560 g/mol. The number of carbonyl (C=O) groups excluding carboxylic acids is 9. The lowest BCUT2D eigenvalue weighted by Gasteiger charge is -2.29. The Morgan fingerprint density at radius 2 is 0.934 bits per heavy atom. The number of imidazole rings is 1. The van der Waals surface area contributed by atoms with Crippen LogP contribution < -0.4 is 32.7 Å². The summed E-state index contributed by atoms with van der Waals surface area (Å²) in [7, 11) is 0. The number of esters is 3. The summed E-state index contributed by atoms with van der Waals surface area (Å²) in [4.78, 5) is 151. The van der Waals surface area contributed by atoms with E-state index in [-0.39, 0.29) is 118 Å². The zero-order chi connectivity index (χ0) is 89.5. The average molecular weight is 1720 g/mol. The number of ether oxygens (including phenoxy) is 6. The number of alkyl carbamates (subject to hydrolysis) is 1. The maximum absolute atomic E-state index is 14.5. The van der Waals surface area contributed by atoms with Crippen molar-refractivity contribution in [3.8, 4) is 0 Å². The Labute approximate surface area is 730 Å². The normalized spacial score (nSPS) is 12.6. The highest BCUT2D eigenvalue weighted by Gasteiger charge is 2.30. The molecule has 0 radical (unpaired) electrons. The number of H-pyrrole nitrogens is 1. The van der Waals surface area contributed by atoms with Gasteiger partial charge in [0.25, 0.3) is 0 Å². The standard InChI is InChI=1S/C93H161N11O16S/c1-16-19-22-24-26-28-30-32-34-36-38-40-42-52-77(106)115-68-74(116-78(107)53-43-41-39-37-35-33-31-29-27-25-23-20-17-2)69-121-70-75(98-87(112)118-91(7,8)9)84(110)96-60-46-44-51-73(66-76(105)72-57-55-71(56-58-72)67-104-82-80(99-86(104)111)81(94)100-85(101-82)97-59-21-18-3)83(109)95-61-50-65-103(89(114)120-93(13,14)15)64-49-48-63-102(88(113)119-92(10,11)12)62-47-45-54-79(108)117-90(4,5)6/h55-58,73-75H,16-54,59-70H2,1-15H3,(H,95,109)(H,96,110)(H,98,112)(H,99,111)(H3,94,97,100,101)/t73-,74?,75+/m1/s1. The van der Waals surface area contributed by atoms with Gasteiger partial charge in [0.15, 0.2) is 17.2 Å². The maximum Gasteiger partial charge on any atom is 0.410 e. The van der Waals surface area contributed by atoms with E-state index in [4.69, 9.17) is 34.2 Å². The molecule has 7 N–H and O–H groups in total. The summed E-state index contributed by atoms with van der Waals surface area (Å²) in [5.74, 6) is -2.46. The quantitative estimate of drug-likeness (QED) is 0.0132. The third-order valence-corrected chi connectivity index (χ3v) is 21.4. The van der Waals surface area contributed by atoms with Gasteiger partial charge in [-0.05, 0) is 153 Å². The van der Waals surface area contributed by atoms with Crippen molar-refractivity contribution >= 4 is 88.5 Å². The van der Waals surface area contributed by atoms with E-state index in [1.807, 2.05) is 20.8 Å². The van der Waals surface area contributed by atoms with Crippen LogP contribution in [0.25, 0.3) is 11.2 Å². The molecule has 2 heterocycles. The minimum absolute atomic E-state index is 0.0463. The number of nitrogen functional groups attached to an aromatic ring is 1. The Kier molecular flexibility index (Phi) is 54.0. The number of aromatic nitrogens is 4. The van der Waals surface area contributed by atoms with E-state index >= 15 is 0 Å². The molecule has 2 aromatic heterocycles. The number of carbonyl (C=O) groups is 9. The van der Waals surface area contributed by atoms with Crippen LogP contribution >= 0.6 is 11.8 Å². The topological polar surface area (TPSA) is 353 Å². The highest BCUT2D eigenvalue weighted by atomic mass is 32.2. The second-order valence-electron chi connectivity index (χ2n) is 36.6. The molecule has 0 aliphatic heterocycles. The second kappa shape index (κ2) is 60.8. The third-order valence-electron chi connectivity index (χ3n) is 20.2. The van der Waals surface area contributed by atoms with Crippen LogP contribution in [0, 0.1) is 5.92 Å². The van der Waals surface area contributed by atoms with Crippen molar-refractivity contribution in [1.29, 1.82) is 0 Å². The van der Waals surface area contributed by atoms with Gasteiger partial charge < -0.3 is 70.2 Å². The van der Waals surface area contributed by atoms with Crippen LogP contribution in [0.5, 0.6) is 0 Å². The van der Waals surface area contributed by atoms with E-state index in [0.717, 1.165) is 51.4 Å². The Hall–Kier alpha value is -7.65. The van der Waals surface area contributed by atoms with Crippen molar-refractivity contribution in [1.82, 2.24) is 45.3 Å². The van der Waals surface area contributed by atoms with Gasteiger partial charge in [-0.3, -0.25) is 33.3 Å². The molecule has 690 valence electrons. The van der Waals surface area contributed by atoms with Gasteiger partial charge in [0, 0.05) is 94.5 Å². The van der Waals surface area contributed by atoms with Crippen LogP contribution in [-0.2, 0) is 58.9 Å². The Morgan fingerprint density at radius 3 is 1.44 bits per heavy atom. The molecular formula is C93H161N11O16S. The number of thioether (sulfide) groups is 1. The molecule has 0 saturated carbocycles. The Balaban J connectivity index is 1.80. The molecule has 121 heavy (non-hydrogen) atoms. The van der Waals surface area contributed by atoms with Crippen molar-refractivity contribution in [2.75, 3.05) is 75.0 Å². The SMILES string of the molecule is CCCCCCCCCCCCCCCC(=O)OCC(CSC[C@H](NC(=O)OC(C)(C)C)C(=O)NCCCC[C@H](CC(=O)c1ccc(Cn2c(=O)[nH]c3c(N)nc(NCCCC)nc32)cc1)C(=O)NCCCN(CCCCN(CCCCC(=O)OC(C)(C)C)C(=O)OC(C)(C)C)C(=O)OC(C)(C)C)OC(=O)CCCCCCCCCCCCCCC. The first kappa shape index (κ1) is 108. The molecule has 0 aliphatic rings. The summed E-state index contributed by atoms with van der Waals surface area (Å²) < 4.78 is 35.9. The summed E-state index contributed by atoms with van der Waals surface area (Å²) in [6.07, 6.45) is 33.7. The van der Waals surface area contributed by atoms with Crippen molar-refractivity contribution < 1.29 is 71.6 Å². The van der Waals surface area contributed by atoms with Crippen LogP contribution in [-0.4, -0.2) is 182 Å². The molecule has 3 atom stereocenters. The van der Waals surface area contributed by atoms with Gasteiger partial charge in [0.1, 0.15) is 46.7 Å². The zero-order valence-corrected chi connectivity index (χ0v) is 78.2. The number of aromatic amines is 1. The number of anilines is 2. The smallest absolute Gasteiger partial charge is 0.410 e. The van der Waals surface area contributed by atoms with Crippen LogP contribution in [0.3, 0.4) is 0 Å². The monoisotopic (exact) mass is 1720 g/mol. The number of fused-ring (bicyclic) bond motifs is 1. The third kappa shape index (κ3) is 52.6. The number of rotatable bonds is 66. The summed E-state index contributed by atoms with van der Waals surface area (Å²) in [6, 6.07) is 5.68. The predicted molar refractivity (Wildman–Crippen MR) is 485 cm³/mol. The second-order valence-corrected chi connectivity index (χ2v) is 37.7. The molecule has 0 bridgehead atoms. The molecule has 1 aromatic carbocycles. The number of amides is 5. The van der Waals surface area contributed by atoms with E-state index in [0.29, 0.717) is 106 Å². The number of benzene rings is 1. The Bertz CT molecular complexity index is 3510. The molecule has 28 heteroatoms. The van der Waals surface area contributed by atoms with Gasteiger partial charge >= 0.3 is 41.9 Å². The van der Waals surface area contributed by atoms with E-state index in [1.54, 1.807) is 96.4 Å². The lowest BCUT2D eigenvalue weighted by Crippen LogP contribution is -2.50.